The third-order valence-corrected chi connectivity index (χ3v) is 1.18. The van der Waals surface area contributed by atoms with Gasteiger partial charge in [-0.15, -0.1) is 0 Å². The van der Waals surface area contributed by atoms with Crippen LogP contribution in [-0.4, -0.2) is 25.4 Å². The average molecular weight is 150 g/mol. The first-order valence-electron chi connectivity index (χ1n) is 3.38. The lowest BCUT2D eigenvalue weighted by molar-refractivity contribution is 1.11. The third kappa shape index (κ3) is 1.73. The van der Waals surface area contributed by atoms with Gasteiger partial charge in [-0.2, -0.15) is 0 Å². The van der Waals surface area contributed by atoms with Crippen LogP contribution < -0.4 is 5.32 Å². The number of aliphatic imine (C=N–C) groups is 3. The Hall–Kier alpha value is -1.45. The lowest BCUT2D eigenvalue weighted by Gasteiger charge is -1.94. The summed E-state index contributed by atoms with van der Waals surface area (Å²) in [4.78, 5) is 11.7. The van der Waals surface area contributed by atoms with Gasteiger partial charge in [0.25, 0.3) is 0 Å². The zero-order valence-corrected chi connectivity index (χ0v) is 6.41. The third-order valence-electron chi connectivity index (χ3n) is 1.18. The number of hydrogen-bond donors (Lipinski definition) is 1. The molecule has 1 heterocycles. The molecule has 4 heteroatoms. The number of nitrogens with one attached hydrogen (secondary N) is 1. The van der Waals surface area contributed by atoms with Gasteiger partial charge in [0.1, 0.15) is 5.70 Å². The molecule has 0 amide bonds. The molecule has 4 nitrogen and oxygen atoms in total. The summed E-state index contributed by atoms with van der Waals surface area (Å²) in [6, 6.07) is 0. The van der Waals surface area contributed by atoms with E-state index in [1.54, 1.807) is 12.5 Å². The van der Waals surface area contributed by atoms with Crippen molar-refractivity contribution in [2.45, 2.75) is 6.92 Å². The van der Waals surface area contributed by atoms with E-state index < -0.39 is 0 Å². The van der Waals surface area contributed by atoms with Gasteiger partial charge in [-0.05, 0) is 13.6 Å². The van der Waals surface area contributed by atoms with Gasteiger partial charge in [-0.1, -0.05) is 0 Å². The standard InChI is InChI=1S/C7H10N4/c1-3-9-7-6(4-8-2)10-5-11-7/h4-5H,2-3H2,1H3,(H,9,10,11)/b6-4+. The Kier molecular flexibility index (Phi) is 2.54. The molecule has 0 saturated heterocycles. The lowest BCUT2D eigenvalue weighted by Crippen LogP contribution is -2.08. The van der Waals surface area contributed by atoms with E-state index in [0.29, 0.717) is 5.84 Å². The van der Waals surface area contributed by atoms with Gasteiger partial charge in [0, 0.05) is 6.54 Å². The van der Waals surface area contributed by atoms with Crippen LogP contribution in [0.1, 0.15) is 6.92 Å². The summed E-state index contributed by atoms with van der Waals surface area (Å²) < 4.78 is 0. The molecule has 0 atom stereocenters. The van der Waals surface area contributed by atoms with E-state index in [0.717, 1.165) is 12.2 Å². The second-order valence-electron chi connectivity index (χ2n) is 1.93. The van der Waals surface area contributed by atoms with Crippen molar-refractivity contribution >= 4 is 18.9 Å². The van der Waals surface area contributed by atoms with Crippen molar-refractivity contribution in [2.75, 3.05) is 6.54 Å². The van der Waals surface area contributed by atoms with Gasteiger partial charge in [0.2, 0.25) is 0 Å². The Labute approximate surface area is 65.5 Å². The number of rotatable bonds is 2. The van der Waals surface area contributed by atoms with Gasteiger partial charge in [0.15, 0.2) is 5.84 Å². The molecule has 0 aromatic carbocycles. The first-order chi connectivity index (χ1) is 5.38. The summed E-state index contributed by atoms with van der Waals surface area (Å²) >= 11 is 0. The van der Waals surface area contributed by atoms with Crippen LogP contribution in [0.3, 0.4) is 0 Å². The quantitative estimate of drug-likeness (QED) is 0.575. The first-order valence-corrected chi connectivity index (χ1v) is 3.38. The van der Waals surface area contributed by atoms with Crippen molar-refractivity contribution in [3.63, 3.8) is 0 Å². The predicted molar refractivity (Wildman–Crippen MR) is 47.2 cm³/mol. The summed E-state index contributed by atoms with van der Waals surface area (Å²) in [5, 5.41) is 2.90. The van der Waals surface area contributed by atoms with Crippen LogP contribution in [0.15, 0.2) is 26.9 Å². The van der Waals surface area contributed by atoms with Crippen LogP contribution in [0, 0.1) is 0 Å². The van der Waals surface area contributed by atoms with Crippen LogP contribution in [-0.2, 0) is 0 Å². The minimum absolute atomic E-state index is 0.694. The molecule has 0 fully saturated rings. The van der Waals surface area contributed by atoms with E-state index in [2.05, 4.69) is 27.0 Å². The Morgan fingerprint density at radius 3 is 3.27 bits per heavy atom. The highest BCUT2D eigenvalue weighted by molar-refractivity contribution is 6.07. The van der Waals surface area contributed by atoms with Crippen LogP contribution in [0.4, 0.5) is 0 Å². The molecule has 1 aliphatic rings. The lowest BCUT2D eigenvalue weighted by atomic mass is 10.4. The molecule has 1 rings (SSSR count). The van der Waals surface area contributed by atoms with Crippen molar-refractivity contribution in [1.29, 1.82) is 0 Å². The summed E-state index contributed by atoms with van der Waals surface area (Å²) in [7, 11) is 0. The van der Waals surface area contributed by atoms with Gasteiger partial charge in [-0.25, -0.2) is 4.99 Å². The smallest absolute Gasteiger partial charge is 0.174 e. The molecule has 0 aliphatic carbocycles. The molecule has 0 aromatic rings. The molecule has 0 bridgehead atoms. The maximum atomic E-state index is 4.12. The topological polar surface area (TPSA) is 49.1 Å². The fourth-order valence-corrected chi connectivity index (χ4v) is 0.759. The summed E-state index contributed by atoms with van der Waals surface area (Å²) in [6.07, 6.45) is 3.19. The van der Waals surface area contributed by atoms with Gasteiger partial charge < -0.3 is 5.32 Å². The van der Waals surface area contributed by atoms with Crippen molar-refractivity contribution in [2.24, 2.45) is 15.0 Å². The summed E-state index contributed by atoms with van der Waals surface area (Å²) in [6.45, 7) is 6.02. The SMILES string of the molecule is C=N/C=C1/NC=NC1=NCC. The fourth-order valence-electron chi connectivity index (χ4n) is 0.759. The van der Waals surface area contributed by atoms with Gasteiger partial charge in [0.05, 0.1) is 12.5 Å². The Morgan fingerprint density at radius 1 is 1.82 bits per heavy atom. The van der Waals surface area contributed by atoms with E-state index >= 15 is 0 Å². The molecule has 0 spiro atoms. The Bertz CT molecular complexity index is 237. The normalized spacial score (nSPS) is 22.6. The van der Waals surface area contributed by atoms with Crippen LogP contribution >= 0.6 is 0 Å². The summed E-state index contributed by atoms with van der Waals surface area (Å²) in [5.41, 5.74) is 0.807. The zero-order chi connectivity index (χ0) is 8.10. The molecule has 58 valence electrons. The molecule has 0 radical (unpaired) electrons. The number of hydrogen-bond acceptors (Lipinski definition) is 3. The monoisotopic (exact) mass is 150 g/mol. The second-order valence-corrected chi connectivity index (χ2v) is 1.93. The van der Waals surface area contributed by atoms with E-state index in [1.165, 1.54) is 0 Å². The van der Waals surface area contributed by atoms with E-state index in [-0.39, 0.29) is 0 Å². The molecule has 1 aliphatic heterocycles. The Balaban J connectivity index is 2.79. The van der Waals surface area contributed by atoms with Crippen LogP contribution in [0.5, 0.6) is 0 Å². The largest absolute Gasteiger partial charge is 0.342 e. The molecule has 0 saturated carbocycles. The minimum Gasteiger partial charge on any atom is -0.342 e. The molecule has 0 unspecified atom stereocenters. The van der Waals surface area contributed by atoms with E-state index in [1.807, 2.05) is 6.92 Å². The van der Waals surface area contributed by atoms with Crippen LogP contribution in [0.25, 0.3) is 0 Å². The zero-order valence-electron chi connectivity index (χ0n) is 6.41. The highest BCUT2D eigenvalue weighted by Crippen LogP contribution is 2.00. The van der Waals surface area contributed by atoms with Gasteiger partial charge >= 0.3 is 0 Å². The van der Waals surface area contributed by atoms with Crippen molar-refractivity contribution < 1.29 is 0 Å². The van der Waals surface area contributed by atoms with Gasteiger partial charge in [-0.3, -0.25) is 9.98 Å². The number of amidine groups is 1. The first kappa shape index (κ1) is 7.65. The molecule has 1 N–H and O–H groups in total. The maximum Gasteiger partial charge on any atom is 0.174 e. The molecule has 11 heavy (non-hydrogen) atoms. The molecular weight excluding hydrogens is 140 g/mol. The molecule has 0 aromatic heterocycles. The minimum atomic E-state index is 0.694. The van der Waals surface area contributed by atoms with E-state index in [9.17, 15) is 0 Å². The predicted octanol–water partition coefficient (Wildman–Crippen LogP) is 0.578. The number of nitrogens with zero attached hydrogens (tertiary/aromatic N) is 3. The van der Waals surface area contributed by atoms with Crippen molar-refractivity contribution in [3.8, 4) is 0 Å². The van der Waals surface area contributed by atoms with Crippen molar-refractivity contribution in [1.82, 2.24) is 5.32 Å². The Morgan fingerprint density at radius 2 is 2.64 bits per heavy atom. The van der Waals surface area contributed by atoms with Crippen molar-refractivity contribution in [3.05, 3.63) is 11.9 Å². The fraction of sp³-hybridized carbons (Fsp3) is 0.286. The maximum absolute atomic E-state index is 4.12. The highest BCUT2D eigenvalue weighted by Gasteiger charge is 2.07. The summed E-state index contributed by atoms with van der Waals surface area (Å²) in [5.74, 6) is 0.694. The van der Waals surface area contributed by atoms with Crippen LogP contribution in [0.2, 0.25) is 0 Å². The highest BCUT2D eigenvalue weighted by atomic mass is 15.1. The second kappa shape index (κ2) is 3.65. The molecular formula is C7H10N4. The average Bonchev–Trinajstić information content (AvgIpc) is 2.39. The van der Waals surface area contributed by atoms with E-state index in [4.69, 9.17) is 0 Å².